The van der Waals surface area contributed by atoms with E-state index in [-0.39, 0.29) is 6.61 Å². The van der Waals surface area contributed by atoms with E-state index < -0.39 is 18.8 Å². The van der Waals surface area contributed by atoms with Gasteiger partial charge >= 0.3 is 6.09 Å². The average molecular weight is 119 g/mol. The first-order chi connectivity index (χ1) is 3.83. The van der Waals surface area contributed by atoms with Crippen LogP contribution in [0.15, 0.2) is 0 Å². The number of halogens is 1. The van der Waals surface area contributed by atoms with E-state index >= 15 is 0 Å². The van der Waals surface area contributed by atoms with Crippen LogP contribution in [0.3, 0.4) is 0 Å². The molecule has 0 unspecified atom stereocenters. The van der Waals surface area contributed by atoms with Crippen molar-refractivity contribution in [1.82, 2.24) is 5.32 Å². The third-order valence-corrected chi connectivity index (χ3v) is 0.924. The number of alkyl halides is 1. The first-order valence-corrected chi connectivity index (χ1v) is 2.32. The Balaban J connectivity index is 2.32. The van der Waals surface area contributed by atoms with Crippen molar-refractivity contribution in [2.45, 2.75) is 6.04 Å². The first-order valence-electron chi connectivity index (χ1n) is 2.32. The predicted octanol–water partition coefficient (Wildman–Crippen LogP) is 0.0643. The lowest BCUT2D eigenvalue weighted by molar-refractivity contribution is 0.176. The molecule has 0 bridgehead atoms. The summed E-state index contributed by atoms with van der Waals surface area (Å²) in [6.45, 7) is -0.388. The van der Waals surface area contributed by atoms with Crippen LogP contribution < -0.4 is 5.32 Å². The van der Waals surface area contributed by atoms with Crippen LogP contribution >= 0.6 is 0 Å². The fraction of sp³-hybridized carbons (Fsp3) is 0.750. The summed E-state index contributed by atoms with van der Waals surface area (Å²) in [4.78, 5) is 10.1. The van der Waals surface area contributed by atoms with Crippen molar-refractivity contribution in [3.63, 3.8) is 0 Å². The van der Waals surface area contributed by atoms with Crippen molar-refractivity contribution >= 4 is 6.09 Å². The maximum atomic E-state index is 11.6. The highest BCUT2D eigenvalue weighted by Gasteiger charge is 2.20. The molecule has 0 radical (unpaired) electrons. The number of rotatable bonds is 1. The zero-order valence-corrected chi connectivity index (χ0v) is 4.19. The summed E-state index contributed by atoms with van der Waals surface area (Å²) in [5.41, 5.74) is 0. The van der Waals surface area contributed by atoms with E-state index in [4.69, 9.17) is 0 Å². The number of nitrogens with one attached hydrogen (secondary N) is 1. The highest BCUT2D eigenvalue weighted by atomic mass is 19.1. The van der Waals surface area contributed by atoms with Gasteiger partial charge in [-0.2, -0.15) is 0 Å². The van der Waals surface area contributed by atoms with Crippen molar-refractivity contribution in [3.05, 3.63) is 0 Å². The van der Waals surface area contributed by atoms with Gasteiger partial charge in [0.25, 0.3) is 0 Å². The van der Waals surface area contributed by atoms with Crippen LogP contribution in [-0.2, 0) is 4.74 Å². The molecule has 1 saturated heterocycles. The molecule has 0 aromatic carbocycles. The Hall–Kier alpha value is -0.800. The van der Waals surface area contributed by atoms with Gasteiger partial charge in [-0.05, 0) is 0 Å². The molecule has 0 saturated carbocycles. The van der Waals surface area contributed by atoms with Gasteiger partial charge in [-0.3, -0.25) is 0 Å². The van der Waals surface area contributed by atoms with Crippen molar-refractivity contribution < 1.29 is 13.9 Å². The minimum atomic E-state index is -0.550. The van der Waals surface area contributed by atoms with Gasteiger partial charge in [0, 0.05) is 0 Å². The number of hydrogen-bond acceptors (Lipinski definition) is 2. The number of ether oxygens (including phenoxy) is 1. The molecule has 0 aromatic heterocycles. The second-order valence-corrected chi connectivity index (χ2v) is 1.59. The van der Waals surface area contributed by atoms with Gasteiger partial charge < -0.3 is 10.1 Å². The van der Waals surface area contributed by atoms with Crippen LogP contribution in [0.25, 0.3) is 0 Å². The minimum Gasteiger partial charge on any atom is -0.447 e. The second-order valence-electron chi connectivity index (χ2n) is 1.59. The first kappa shape index (κ1) is 5.34. The fourth-order valence-corrected chi connectivity index (χ4v) is 0.509. The number of hydrogen-bond donors (Lipinski definition) is 1. The van der Waals surface area contributed by atoms with Gasteiger partial charge in [0.2, 0.25) is 0 Å². The summed E-state index contributed by atoms with van der Waals surface area (Å²) in [7, 11) is 0. The number of alkyl carbamates (subject to hydrolysis) is 1. The van der Waals surface area contributed by atoms with Crippen LogP contribution in [0.2, 0.25) is 0 Å². The zero-order valence-electron chi connectivity index (χ0n) is 4.19. The van der Waals surface area contributed by atoms with E-state index in [1.807, 2.05) is 0 Å². The van der Waals surface area contributed by atoms with E-state index in [1.165, 1.54) is 0 Å². The van der Waals surface area contributed by atoms with E-state index in [2.05, 4.69) is 10.1 Å². The highest BCUT2D eigenvalue weighted by molar-refractivity contribution is 5.69. The van der Waals surface area contributed by atoms with Crippen LogP contribution in [0.4, 0.5) is 9.18 Å². The molecule has 1 atom stereocenters. The summed E-state index contributed by atoms with van der Waals surface area (Å²) >= 11 is 0. The smallest absolute Gasteiger partial charge is 0.407 e. The van der Waals surface area contributed by atoms with Crippen molar-refractivity contribution in [3.8, 4) is 0 Å². The molecule has 1 heterocycles. The van der Waals surface area contributed by atoms with E-state index in [9.17, 15) is 9.18 Å². The fourth-order valence-electron chi connectivity index (χ4n) is 0.509. The molecule has 1 aliphatic heterocycles. The molecule has 4 heteroatoms. The molecule has 0 aliphatic carbocycles. The molecule has 1 aliphatic rings. The summed E-state index contributed by atoms with van der Waals surface area (Å²) in [5.74, 6) is 0. The van der Waals surface area contributed by atoms with E-state index in [1.54, 1.807) is 0 Å². The number of cyclic esters (lactones) is 1. The molecule has 1 amide bonds. The van der Waals surface area contributed by atoms with Crippen molar-refractivity contribution in [1.29, 1.82) is 0 Å². The maximum Gasteiger partial charge on any atom is 0.407 e. The van der Waals surface area contributed by atoms with E-state index in [0.29, 0.717) is 0 Å². The lowest BCUT2D eigenvalue weighted by atomic mass is 10.4. The lowest BCUT2D eigenvalue weighted by Crippen LogP contribution is -2.27. The largest absolute Gasteiger partial charge is 0.447 e. The summed E-state index contributed by atoms with van der Waals surface area (Å²) in [6.07, 6.45) is -0.521. The Bertz CT molecular complexity index is 106. The molecular formula is C4H6FNO2. The topological polar surface area (TPSA) is 38.3 Å². The summed E-state index contributed by atoms with van der Waals surface area (Å²) < 4.78 is 15.9. The third kappa shape index (κ3) is 0.882. The van der Waals surface area contributed by atoms with Crippen LogP contribution in [0, 0.1) is 0 Å². The molecule has 8 heavy (non-hydrogen) atoms. The molecule has 46 valence electrons. The Kier molecular flexibility index (Phi) is 1.32. The molecule has 0 spiro atoms. The Labute approximate surface area is 45.8 Å². The zero-order chi connectivity index (χ0) is 5.98. The number of carbonyl (C=O) groups excluding carboxylic acids is 1. The molecule has 1 fully saturated rings. The SMILES string of the molecule is O=C1N[C@@H](CF)CO1. The number of carbonyl (C=O) groups is 1. The summed E-state index contributed by atoms with van der Waals surface area (Å²) in [6, 6.07) is -0.414. The van der Waals surface area contributed by atoms with Crippen LogP contribution in [0.1, 0.15) is 0 Å². The Morgan fingerprint density at radius 3 is 3.00 bits per heavy atom. The maximum absolute atomic E-state index is 11.6. The van der Waals surface area contributed by atoms with E-state index in [0.717, 1.165) is 0 Å². The van der Waals surface area contributed by atoms with Gasteiger partial charge in [0.1, 0.15) is 13.3 Å². The third-order valence-electron chi connectivity index (χ3n) is 0.924. The van der Waals surface area contributed by atoms with Crippen LogP contribution in [-0.4, -0.2) is 25.4 Å². The van der Waals surface area contributed by atoms with Gasteiger partial charge in [-0.1, -0.05) is 0 Å². The van der Waals surface area contributed by atoms with Crippen LogP contribution in [0.5, 0.6) is 0 Å². The number of amides is 1. The van der Waals surface area contributed by atoms with Gasteiger partial charge in [0.05, 0.1) is 6.04 Å². The standard InChI is InChI=1S/C4H6FNO2/c5-1-3-2-8-4(7)6-3/h3H,1-2H2,(H,6,7)/t3-/m0/s1. The van der Waals surface area contributed by atoms with Crippen molar-refractivity contribution in [2.24, 2.45) is 0 Å². The average Bonchev–Trinajstić information content (AvgIpc) is 2.14. The van der Waals surface area contributed by atoms with Gasteiger partial charge in [-0.15, -0.1) is 0 Å². The molecular weight excluding hydrogens is 113 g/mol. The normalized spacial score (nSPS) is 27.1. The Morgan fingerprint density at radius 2 is 2.75 bits per heavy atom. The monoisotopic (exact) mass is 119 g/mol. The molecule has 1 rings (SSSR count). The Morgan fingerprint density at radius 1 is 2.00 bits per heavy atom. The quantitative estimate of drug-likeness (QED) is 0.530. The van der Waals surface area contributed by atoms with Gasteiger partial charge in [-0.25, -0.2) is 9.18 Å². The second kappa shape index (κ2) is 1.98. The van der Waals surface area contributed by atoms with Gasteiger partial charge in [0.15, 0.2) is 0 Å². The lowest BCUT2D eigenvalue weighted by Gasteiger charge is -1.95. The molecule has 1 N–H and O–H groups in total. The predicted molar refractivity (Wildman–Crippen MR) is 24.2 cm³/mol. The molecule has 3 nitrogen and oxygen atoms in total. The highest BCUT2D eigenvalue weighted by Crippen LogP contribution is 1.96. The summed E-state index contributed by atoms with van der Waals surface area (Å²) in [5, 5.41) is 2.27. The minimum absolute atomic E-state index is 0.162. The van der Waals surface area contributed by atoms with Crippen molar-refractivity contribution in [2.75, 3.05) is 13.3 Å². The molecule has 0 aromatic rings.